The Balaban J connectivity index is 1.82. The first kappa shape index (κ1) is 14.9. The summed E-state index contributed by atoms with van der Waals surface area (Å²) in [7, 11) is 0. The highest BCUT2D eigenvalue weighted by molar-refractivity contribution is 5.74. The first-order valence-electron chi connectivity index (χ1n) is 6.26. The zero-order chi connectivity index (χ0) is 15.2. The third-order valence-corrected chi connectivity index (χ3v) is 2.73. The zero-order valence-corrected chi connectivity index (χ0v) is 11.2. The number of nitrogens with one attached hydrogen (secondary N) is 2. The van der Waals surface area contributed by atoms with Crippen molar-refractivity contribution in [2.24, 2.45) is 0 Å². The van der Waals surface area contributed by atoms with Gasteiger partial charge in [0.25, 0.3) is 0 Å². The molecule has 0 bridgehead atoms. The van der Waals surface area contributed by atoms with Crippen LogP contribution in [0.1, 0.15) is 36.7 Å². The lowest BCUT2D eigenvalue weighted by molar-refractivity contribution is 0.136. The number of halogens is 2. The third kappa shape index (κ3) is 4.23. The molecule has 1 aromatic heterocycles. The quantitative estimate of drug-likeness (QED) is 0.888. The summed E-state index contributed by atoms with van der Waals surface area (Å²) in [5, 5.41) is 8.26. The first-order chi connectivity index (χ1) is 10.1. The van der Waals surface area contributed by atoms with E-state index in [9.17, 15) is 13.6 Å². The highest BCUT2D eigenvalue weighted by atomic mass is 19.3. The molecular formula is C13H14F2N4O2. The number of aromatic nitrogens is 2. The van der Waals surface area contributed by atoms with Gasteiger partial charge in [-0.3, -0.25) is 0 Å². The lowest BCUT2D eigenvalue weighted by Crippen LogP contribution is -2.36. The van der Waals surface area contributed by atoms with Gasteiger partial charge in [-0.15, -0.1) is 0 Å². The summed E-state index contributed by atoms with van der Waals surface area (Å²) in [4.78, 5) is 15.1. The highest BCUT2D eigenvalue weighted by Crippen LogP contribution is 2.14. The van der Waals surface area contributed by atoms with Crippen LogP contribution < -0.4 is 10.6 Å². The van der Waals surface area contributed by atoms with Crippen LogP contribution in [0.5, 0.6) is 0 Å². The molecular weight excluding hydrogens is 282 g/mol. The summed E-state index contributed by atoms with van der Waals surface area (Å²) in [6, 6.07) is 8.75. The Morgan fingerprint density at radius 1 is 1.33 bits per heavy atom. The number of carbonyl (C=O) groups is 1. The molecule has 112 valence electrons. The molecule has 2 N–H and O–H groups in total. The van der Waals surface area contributed by atoms with Crippen molar-refractivity contribution in [3.05, 3.63) is 47.6 Å². The van der Waals surface area contributed by atoms with Gasteiger partial charge >= 0.3 is 12.5 Å². The molecule has 1 aromatic carbocycles. The van der Waals surface area contributed by atoms with Crippen LogP contribution >= 0.6 is 0 Å². The molecule has 0 saturated carbocycles. The average Bonchev–Trinajstić information content (AvgIpc) is 2.95. The maximum atomic E-state index is 12.3. The molecule has 0 saturated heterocycles. The molecule has 0 aliphatic carbocycles. The number of alkyl halides is 2. The molecule has 2 aromatic rings. The fourth-order valence-corrected chi connectivity index (χ4v) is 1.66. The van der Waals surface area contributed by atoms with Crippen molar-refractivity contribution in [2.75, 3.05) is 0 Å². The van der Waals surface area contributed by atoms with E-state index in [2.05, 4.69) is 25.3 Å². The second-order valence-electron chi connectivity index (χ2n) is 4.31. The Kier molecular flexibility index (Phi) is 4.81. The number of hydrogen-bond donors (Lipinski definition) is 2. The monoisotopic (exact) mass is 296 g/mol. The molecule has 0 radical (unpaired) electrons. The Morgan fingerprint density at radius 2 is 2.05 bits per heavy atom. The summed E-state index contributed by atoms with van der Waals surface area (Å²) in [6.45, 7) is 1.71. The molecule has 8 heteroatoms. The minimum atomic E-state index is -2.80. The van der Waals surface area contributed by atoms with Crippen LogP contribution in [0.4, 0.5) is 13.6 Å². The Labute approximate surface area is 119 Å². The molecule has 0 aliphatic rings. The third-order valence-electron chi connectivity index (χ3n) is 2.73. The van der Waals surface area contributed by atoms with E-state index in [1.165, 1.54) is 0 Å². The van der Waals surface area contributed by atoms with E-state index in [0.29, 0.717) is 0 Å². The van der Waals surface area contributed by atoms with Crippen molar-refractivity contribution in [1.29, 1.82) is 0 Å². The normalized spacial score (nSPS) is 12.2. The van der Waals surface area contributed by atoms with Gasteiger partial charge in [-0.05, 0) is 12.5 Å². The summed E-state index contributed by atoms with van der Waals surface area (Å²) in [5.41, 5.74) is 0.949. The molecule has 2 amide bonds. The molecule has 21 heavy (non-hydrogen) atoms. The number of hydrogen-bond acceptors (Lipinski definition) is 4. The maximum absolute atomic E-state index is 12.3. The van der Waals surface area contributed by atoms with E-state index in [-0.39, 0.29) is 18.5 Å². The van der Waals surface area contributed by atoms with Gasteiger partial charge in [0, 0.05) is 0 Å². The molecule has 6 nitrogen and oxygen atoms in total. The van der Waals surface area contributed by atoms with Crippen molar-refractivity contribution in [2.45, 2.75) is 25.9 Å². The summed E-state index contributed by atoms with van der Waals surface area (Å²) in [5.74, 6) is -0.766. The van der Waals surface area contributed by atoms with Crippen molar-refractivity contribution in [3.8, 4) is 0 Å². The molecule has 0 spiro atoms. The van der Waals surface area contributed by atoms with Crippen LogP contribution in [0.2, 0.25) is 0 Å². The predicted octanol–water partition coefficient (Wildman–Crippen LogP) is 2.57. The SMILES string of the molecule is CC(NC(=O)NCc1nc(C(F)F)no1)c1ccccc1. The minimum Gasteiger partial charge on any atom is -0.337 e. The number of rotatable bonds is 5. The van der Waals surface area contributed by atoms with Crippen molar-refractivity contribution in [3.63, 3.8) is 0 Å². The van der Waals surface area contributed by atoms with Crippen LogP contribution in [0.15, 0.2) is 34.9 Å². The maximum Gasteiger partial charge on any atom is 0.315 e. The Morgan fingerprint density at radius 3 is 2.67 bits per heavy atom. The standard InChI is InChI=1S/C13H14F2N4O2/c1-8(9-5-3-2-4-6-9)17-13(20)16-7-10-18-12(11(14)15)19-21-10/h2-6,8,11H,7H2,1H3,(H2,16,17,20). The van der Waals surface area contributed by atoms with Gasteiger partial charge in [-0.2, -0.15) is 4.98 Å². The van der Waals surface area contributed by atoms with Crippen molar-refractivity contribution in [1.82, 2.24) is 20.8 Å². The van der Waals surface area contributed by atoms with Gasteiger partial charge in [0.1, 0.15) is 0 Å². The van der Waals surface area contributed by atoms with Crippen LogP contribution in [0.3, 0.4) is 0 Å². The minimum absolute atomic E-state index is 0.0761. The summed E-state index contributed by atoms with van der Waals surface area (Å²) < 4.78 is 29.1. The second-order valence-corrected chi connectivity index (χ2v) is 4.31. The molecule has 0 fully saturated rings. The van der Waals surface area contributed by atoms with Gasteiger partial charge in [0.05, 0.1) is 12.6 Å². The molecule has 2 rings (SSSR count). The number of amides is 2. The Bertz CT molecular complexity index is 589. The van der Waals surface area contributed by atoms with E-state index in [4.69, 9.17) is 0 Å². The van der Waals surface area contributed by atoms with Crippen molar-refractivity contribution < 1.29 is 18.1 Å². The van der Waals surface area contributed by atoms with Crippen LogP contribution in [-0.4, -0.2) is 16.2 Å². The number of urea groups is 1. The largest absolute Gasteiger partial charge is 0.337 e. The van der Waals surface area contributed by atoms with E-state index in [1.54, 1.807) is 0 Å². The van der Waals surface area contributed by atoms with E-state index in [1.807, 2.05) is 37.3 Å². The summed E-state index contributed by atoms with van der Waals surface area (Å²) in [6.07, 6.45) is -2.80. The van der Waals surface area contributed by atoms with Crippen LogP contribution in [0, 0.1) is 0 Å². The predicted molar refractivity (Wildman–Crippen MR) is 69.5 cm³/mol. The molecule has 1 heterocycles. The van der Waals surface area contributed by atoms with Crippen LogP contribution in [0.25, 0.3) is 0 Å². The number of benzene rings is 1. The van der Waals surface area contributed by atoms with Crippen LogP contribution in [-0.2, 0) is 6.54 Å². The zero-order valence-electron chi connectivity index (χ0n) is 11.2. The number of nitrogens with zero attached hydrogens (tertiary/aromatic N) is 2. The molecule has 1 unspecified atom stereocenters. The topological polar surface area (TPSA) is 80.0 Å². The van der Waals surface area contributed by atoms with E-state index < -0.39 is 18.3 Å². The smallest absolute Gasteiger partial charge is 0.315 e. The molecule has 1 atom stereocenters. The fourth-order valence-electron chi connectivity index (χ4n) is 1.66. The van der Waals surface area contributed by atoms with Crippen molar-refractivity contribution >= 4 is 6.03 Å². The van der Waals surface area contributed by atoms with Gasteiger partial charge < -0.3 is 15.2 Å². The lowest BCUT2D eigenvalue weighted by atomic mass is 10.1. The Hall–Kier alpha value is -2.51. The second kappa shape index (κ2) is 6.78. The fraction of sp³-hybridized carbons (Fsp3) is 0.308. The van der Waals surface area contributed by atoms with Gasteiger partial charge in [0.15, 0.2) is 0 Å². The van der Waals surface area contributed by atoms with Gasteiger partial charge in [0.2, 0.25) is 11.7 Å². The van der Waals surface area contributed by atoms with Gasteiger partial charge in [-0.25, -0.2) is 13.6 Å². The highest BCUT2D eigenvalue weighted by Gasteiger charge is 2.16. The van der Waals surface area contributed by atoms with E-state index in [0.717, 1.165) is 5.56 Å². The average molecular weight is 296 g/mol. The number of carbonyl (C=O) groups excluding carboxylic acids is 1. The first-order valence-corrected chi connectivity index (χ1v) is 6.26. The summed E-state index contributed by atoms with van der Waals surface area (Å²) >= 11 is 0. The lowest BCUT2D eigenvalue weighted by Gasteiger charge is -2.14. The van der Waals surface area contributed by atoms with E-state index >= 15 is 0 Å². The van der Waals surface area contributed by atoms with Gasteiger partial charge in [-0.1, -0.05) is 35.5 Å². The molecule has 0 aliphatic heterocycles.